The van der Waals surface area contributed by atoms with Gasteiger partial charge in [0.25, 0.3) is 5.88 Å². The van der Waals surface area contributed by atoms with E-state index in [0.29, 0.717) is 10.9 Å². The van der Waals surface area contributed by atoms with Crippen molar-refractivity contribution in [2.45, 2.75) is 0 Å². The second-order valence-electron chi connectivity index (χ2n) is 2.87. The Bertz CT molecular complexity index is 524. The van der Waals surface area contributed by atoms with Crippen LogP contribution in [0.2, 0.25) is 0 Å². The Hall–Kier alpha value is -2.30. The van der Waals surface area contributed by atoms with Crippen LogP contribution in [-0.2, 0) is 0 Å². The lowest BCUT2D eigenvalue weighted by Crippen LogP contribution is -2.04. The highest BCUT2D eigenvalue weighted by atomic mass is 16.7. The molecule has 2 rings (SSSR count). The summed E-state index contributed by atoms with van der Waals surface area (Å²) in [6.07, 6.45) is -1.51. The van der Waals surface area contributed by atoms with E-state index >= 15 is 0 Å². The molecule has 2 aromatic rings. The summed E-state index contributed by atoms with van der Waals surface area (Å²) in [7, 11) is 0. The fraction of sp³-hybridized carbons (Fsp3) is 0. The lowest BCUT2D eigenvalue weighted by Gasteiger charge is -2.03. The van der Waals surface area contributed by atoms with E-state index in [1.165, 1.54) is 6.07 Å². The normalized spacial score (nSPS) is 10.1. The fourth-order valence-electron chi connectivity index (χ4n) is 1.24. The average Bonchev–Trinajstić information content (AvgIpc) is 2.18. The average molecular weight is 205 g/mol. The number of hydrogen-bond acceptors (Lipinski definition) is 4. The lowest BCUT2D eigenvalue weighted by atomic mass is 10.2. The number of carbonyl (C=O) groups is 1. The molecule has 0 saturated heterocycles. The van der Waals surface area contributed by atoms with Crippen LogP contribution in [0.25, 0.3) is 10.9 Å². The van der Waals surface area contributed by atoms with E-state index in [0.717, 1.165) is 0 Å². The van der Waals surface area contributed by atoms with E-state index in [9.17, 15) is 9.90 Å². The number of pyridine rings is 1. The van der Waals surface area contributed by atoms with Crippen molar-refractivity contribution in [2.75, 3.05) is 0 Å². The Morgan fingerprint density at radius 3 is 2.80 bits per heavy atom. The van der Waals surface area contributed by atoms with Gasteiger partial charge in [0.05, 0.1) is 5.52 Å². The maximum Gasteiger partial charge on any atom is 0.512 e. The van der Waals surface area contributed by atoms with Gasteiger partial charge in [-0.05, 0) is 12.1 Å². The first-order chi connectivity index (χ1) is 7.16. The standard InChI is InChI=1S/C10H7NO4/c12-8-5-6-3-1-2-4-7(6)11-9(8)15-10(13)14/h1-5,12H,(H,13,14). The molecule has 0 spiro atoms. The maximum absolute atomic E-state index is 10.3. The summed E-state index contributed by atoms with van der Waals surface area (Å²) >= 11 is 0. The van der Waals surface area contributed by atoms with E-state index in [1.54, 1.807) is 24.3 Å². The molecule has 1 aromatic carbocycles. The molecule has 2 N–H and O–H groups in total. The smallest absolute Gasteiger partial charge is 0.503 e. The fourth-order valence-corrected chi connectivity index (χ4v) is 1.24. The minimum atomic E-state index is -1.51. The van der Waals surface area contributed by atoms with Crippen molar-refractivity contribution in [1.82, 2.24) is 4.98 Å². The van der Waals surface area contributed by atoms with Gasteiger partial charge in [0.2, 0.25) is 0 Å². The zero-order valence-corrected chi connectivity index (χ0v) is 7.54. The topological polar surface area (TPSA) is 79.7 Å². The van der Waals surface area contributed by atoms with Gasteiger partial charge in [-0.25, -0.2) is 9.78 Å². The predicted octanol–water partition coefficient (Wildman–Crippen LogP) is 2.00. The first kappa shape index (κ1) is 9.26. The minimum absolute atomic E-state index is 0.295. The molecule has 0 amide bonds. The van der Waals surface area contributed by atoms with Crippen molar-refractivity contribution >= 4 is 17.1 Å². The van der Waals surface area contributed by atoms with Crippen molar-refractivity contribution in [3.05, 3.63) is 30.3 Å². The number of para-hydroxylation sites is 1. The van der Waals surface area contributed by atoms with E-state index < -0.39 is 6.16 Å². The third kappa shape index (κ3) is 1.80. The second kappa shape index (κ2) is 3.45. The summed E-state index contributed by atoms with van der Waals surface area (Å²) in [6, 6.07) is 8.41. The summed E-state index contributed by atoms with van der Waals surface area (Å²) < 4.78 is 4.31. The van der Waals surface area contributed by atoms with E-state index in [-0.39, 0.29) is 11.6 Å². The molecule has 1 aromatic heterocycles. The largest absolute Gasteiger partial charge is 0.512 e. The molecule has 0 aliphatic carbocycles. The number of nitrogens with zero attached hydrogens (tertiary/aromatic N) is 1. The number of aromatic hydroxyl groups is 1. The molecule has 0 atom stereocenters. The van der Waals surface area contributed by atoms with Gasteiger partial charge in [-0.2, -0.15) is 0 Å². The first-order valence-electron chi connectivity index (χ1n) is 4.16. The van der Waals surface area contributed by atoms with Crippen LogP contribution in [-0.4, -0.2) is 21.4 Å². The molecule has 0 aliphatic heterocycles. The number of ether oxygens (including phenoxy) is 1. The zero-order valence-electron chi connectivity index (χ0n) is 7.54. The van der Waals surface area contributed by atoms with Crippen LogP contribution >= 0.6 is 0 Å². The van der Waals surface area contributed by atoms with Crippen molar-refractivity contribution in [3.63, 3.8) is 0 Å². The number of fused-ring (bicyclic) bond motifs is 1. The number of aromatic nitrogens is 1. The van der Waals surface area contributed by atoms with Crippen molar-refractivity contribution < 1.29 is 19.7 Å². The Balaban J connectivity index is 2.56. The Morgan fingerprint density at radius 2 is 2.07 bits per heavy atom. The summed E-state index contributed by atoms with van der Waals surface area (Å²) in [6.45, 7) is 0. The molecule has 76 valence electrons. The van der Waals surface area contributed by atoms with Crippen molar-refractivity contribution in [2.24, 2.45) is 0 Å². The third-order valence-corrected chi connectivity index (χ3v) is 1.85. The highest BCUT2D eigenvalue weighted by molar-refractivity contribution is 5.81. The molecular weight excluding hydrogens is 198 g/mol. The summed E-state index contributed by atoms with van der Waals surface area (Å²) in [4.78, 5) is 14.1. The molecule has 15 heavy (non-hydrogen) atoms. The summed E-state index contributed by atoms with van der Waals surface area (Å²) in [5, 5.41) is 18.5. The molecule has 0 fully saturated rings. The molecule has 0 saturated carbocycles. The van der Waals surface area contributed by atoms with Crippen LogP contribution in [0.5, 0.6) is 11.6 Å². The molecule has 1 heterocycles. The molecule has 5 nitrogen and oxygen atoms in total. The van der Waals surface area contributed by atoms with Crippen molar-refractivity contribution in [3.8, 4) is 11.6 Å². The number of benzene rings is 1. The second-order valence-corrected chi connectivity index (χ2v) is 2.87. The third-order valence-electron chi connectivity index (χ3n) is 1.85. The van der Waals surface area contributed by atoms with Crippen LogP contribution in [0.4, 0.5) is 4.79 Å². The molecule has 0 radical (unpaired) electrons. The van der Waals surface area contributed by atoms with Gasteiger partial charge in [-0.15, -0.1) is 0 Å². The SMILES string of the molecule is O=C(O)Oc1nc2ccccc2cc1O. The van der Waals surface area contributed by atoms with Crippen molar-refractivity contribution in [1.29, 1.82) is 0 Å². The minimum Gasteiger partial charge on any atom is -0.503 e. The van der Waals surface area contributed by atoms with Gasteiger partial charge in [0, 0.05) is 5.39 Å². The number of hydrogen-bond donors (Lipinski definition) is 2. The van der Waals surface area contributed by atoms with Gasteiger partial charge in [0.1, 0.15) is 0 Å². The monoisotopic (exact) mass is 205 g/mol. The molecule has 5 heteroatoms. The first-order valence-corrected chi connectivity index (χ1v) is 4.16. The maximum atomic E-state index is 10.3. The summed E-state index contributed by atoms with van der Waals surface area (Å²) in [5.74, 6) is -0.600. The van der Waals surface area contributed by atoms with Crippen LogP contribution < -0.4 is 4.74 Å². The molecular formula is C10H7NO4. The lowest BCUT2D eigenvalue weighted by molar-refractivity contribution is 0.141. The van der Waals surface area contributed by atoms with E-state index in [4.69, 9.17) is 5.11 Å². The van der Waals surface area contributed by atoms with Gasteiger partial charge >= 0.3 is 6.16 Å². The Kier molecular flexibility index (Phi) is 2.13. The van der Waals surface area contributed by atoms with Crippen LogP contribution in [0.3, 0.4) is 0 Å². The Labute approximate surface area is 84.6 Å². The van der Waals surface area contributed by atoms with Gasteiger partial charge in [0.15, 0.2) is 5.75 Å². The molecule has 0 aliphatic rings. The van der Waals surface area contributed by atoms with Gasteiger partial charge < -0.3 is 14.9 Å². The van der Waals surface area contributed by atoms with E-state index in [1.807, 2.05) is 0 Å². The predicted molar refractivity (Wildman–Crippen MR) is 52.1 cm³/mol. The highest BCUT2D eigenvalue weighted by Crippen LogP contribution is 2.27. The Morgan fingerprint density at radius 1 is 1.33 bits per heavy atom. The highest BCUT2D eigenvalue weighted by Gasteiger charge is 2.10. The quantitative estimate of drug-likeness (QED) is 0.696. The number of carboxylic acid groups (broad SMARTS) is 1. The van der Waals surface area contributed by atoms with E-state index in [2.05, 4.69) is 9.72 Å². The van der Waals surface area contributed by atoms with Crippen LogP contribution in [0.15, 0.2) is 30.3 Å². The number of rotatable bonds is 1. The van der Waals surface area contributed by atoms with Crippen LogP contribution in [0.1, 0.15) is 0 Å². The van der Waals surface area contributed by atoms with Gasteiger partial charge in [-0.3, -0.25) is 0 Å². The molecule has 0 unspecified atom stereocenters. The zero-order chi connectivity index (χ0) is 10.8. The summed E-state index contributed by atoms with van der Waals surface area (Å²) in [5.41, 5.74) is 0.562. The molecule has 0 bridgehead atoms. The van der Waals surface area contributed by atoms with Crippen LogP contribution in [0, 0.1) is 0 Å². The van der Waals surface area contributed by atoms with Gasteiger partial charge in [-0.1, -0.05) is 18.2 Å².